The van der Waals surface area contributed by atoms with Crippen LogP contribution in [0.15, 0.2) is 30.3 Å². The first kappa shape index (κ1) is 28.9. The number of carboxylic acid groups (broad SMARTS) is 1. The molecular formula is C24H42N3O6P. The van der Waals surface area contributed by atoms with Crippen molar-refractivity contribution in [2.24, 2.45) is 0 Å². The molecule has 1 fully saturated rings. The van der Waals surface area contributed by atoms with Crippen LogP contribution in [-0.2, 0) is 23.8 Å². The highest BCUT2D eigenvalue weighted by Gasteiger charge is 2.36. The largest absolute Gasteiger partial charge is 0.480 e. The summed E-state index contributed by atoms with van der Waals surface area (Å²) in [7, 11) is 3.32. The van der Waals surface area contributed by atoms with Crippen molar-refractivity contribution in [1.82, 2.24) is 14.7 Å². The number of hydrogen-bond acceptors (Lipinski definition) is 7. The molecule has 1 aliphatic rings. The Morgan fingerprint density at radius 3 is 2.26 bits per heavy atom. The van der Waals surface area contributed by atoms with E-state index in [1.165, 1.54) is 5.56 Å². The Bertz CT molecular complexity index is 801. The van der Waals surface area contributed by atoms with E-state index >= 15 is 0 Å². The van der Waals surface area contributed by atoms with Crippen molar-refractivity contribution in [3.63, 3.8) is 0 Å². The van der Waals surface area contributed by atoms with Crippen LogP contribution >= 0.6 is 7.82 Å². The average Bonchev–Trinajstić information content (AvgIpc) is 2.77. The molecule has 0 spiro atoms. The van der Waals surface area contributed by atoms with Crippen molar-refractivity contribution in [3.8, 4) is 0 Å². The molecule has 10 heteroatoms. The lowest BCUT2D eigenvalue weighted by atomic mass is 9.70. The monoisotopic (exact) mass is 499 g/mol. The second-order valence-electron chi connectivity index (χ2n) is 10.0. The summed E-state index contributed by atoms with van der Waals surface area (Å²) in [5, 5.41) is 8.87. The molecule has 194 valence electrons. The van der Waals surface area contributed by atoms with Gasteiger partial charge in [-0.2, -0.15) is 0 Å². The number of aliphatic carboxylic acids is 1. The zero-order chi connectivity index (χ0) is 25.4. The highest BCUT2D eigenvalue weighted by molar-refractivity contribution is 7.47. The zero-order valence-electron chi connectivity index (χ0n) is 21.2. The molecule has 1 aromatic rings. The summed E-state index contributed by atoms with van der Waals surface area (Å²) < 4.78 is 23.6. The van der Waals surface area contributed by atoms with E-state index in [2.05, 4.69) is 24.0 Å². The molecule has 0 aromatic heterocycles. The summed E-state index contributed by atoms with van der Waals surface area (Å²) in [4.78, 5) is 26.9. The third kappa shape index (κ3) is 9.74. The maximum Gasteiger partial charge on any atom is 0.472 e. The van der Waals surface area contributed by atoms with E-state index in [0.29, 0.717) is 32.5 Å². The number of carbonyl (C=O) groups is 1. The van der Waals surface area contributed by atoms with Gasteiger partial charge in [-0.3, -0.25) is 18.7 Å². The van der Waals surface area contributed by atoms with Crippen LogP contribution in [0, 0.1) is 0 Å². The summed E-state index contributed by atoms with van der Waals surface area (Å²) in [5.74, 6) is -0.855. The molecule has 0 saturated heterocycles. The summed E-state index contributed by atoms with van der Waals surface area (Å²) in [6.45, 7) is 4.17. The van der Waals surface area contributed by atoms with E-state index in [0.717, 1.165) is 12.8 Å². The average molecular weight is 500 g/mol. The Morgan fingerprint density at radius 2 is 1.71 bits per heavy atom. The Labute approximate surface area is 204 Å². The smallest absolute Gasteiger partial charge is 0.472 e. The Morgan fingerprint density at radius 1 is 1.12 bits per heavy atom. The third-order valence-corrected chi connectivity index (χ3v) is 7.78. The van der Waals surface area contributed by atoms with Gasteiger partial charge in [-0.1, -0.05) is 37.3 Å². The number of rotatable bonds is 14. The predicted molar refractivity (Wildman–Crippen MR) is 133 cm³/mol. The van der Waals surface area contributed by atoms with Crippen molar-refractivity contribution in [2.45, 2.75) is 50.2 Å². The number of hydrogen-bond donors (Lipinski definition) is 2. The Balaban J connectivity index is 1.79. The molecule has 0 radical (unpaired) electrons. The molecule has 1 aliphatic carbocycles. The van der Waals surface area contributed by atoms with Gasteiger partial charge in [0, 0.05) is 25.7 Å². The highest BCUT2D eigenvalue weighted by Crippen LogP contribution is 2.49. The first-order valence-electron chi connectivity index (χ1n) is 11.9. The lowest BCUT2D eigenvalue weighted by Crippen LogP contribution is -2.44. The maximum absolute atomic E-state index is 12.7. The van der Waals surface area contributed by atoms with E-state index in [1.807, 2.05) is 44.2 Å². The van der Waals surface area contributed by atoms with Crippen molar-refractivity contribution < 1.29 is 28.4 Å². The third-order valence-electron chi connectivity index (χ3n) is 6.74. The highest BCUT2D eigenvalue weighted by atomic mass is 31.2. The van der Waals surface area contributed by atoms with Gasteiger partial charge in [0.25, 0.3) is 0 Å². The second kappa shape index (κ2) is 13.1. The molecule has 1 aromatic carbocycles. The molecule has 2 rings (SSSR count). The van der Waals surface area contributed by atoms with E-state index in [4.69, 9.17) is 14.2 Å². The zero-order valence-corrected chi connectivity index (χ0v) is 22.1. The first-order chi connectivity index (χ1) is 15.9. The van der Waals surface area contributed by atoms with Crippen molar-refractivity contribution in [2.75, 3.05) is 61.0 Å². The minimum atomic E-state index is -4.18. The molecule has 2 atom stereocenters. The molecule has 1 saturated carbocycles. The summed E-state index contributed by atoms with van der Waals surface area (Å²) >= 11 is 0. The van der Waals surface area contributed by atoms with Gasteiger partial charge < -0.3 is 19.8 Å². The van der Waals surface area contributed by atoms with Crippen molar-refractivity contribution in [1.29, 1.82) is 0 Å². The molecule has 9 nitrogen and oxygen atoms in total. The standard InChI is InChI=1S/C24H42N3O6P/c1-24(20-9-7-6-8-10-20)13-11-22(12-14-24)33-34(30,31)32-19-21(25(2)3)17-26(4)15-16-27(5)18-23(28)29/h6-10,21-22H,11-19H2,1-5H3,(H,28,29)(H,30,31). The molecule has 34 heavy (non-hydrogen) atoms. The molecule has 2 unspecified atom stereocenters. The van der Waals surface area contributed by atoms with Crippen LogP contribution in [0.3, 0.4) is 0 Å². The topological polar surface area (TPSA) is 103 Å². The van der Waals surface area contributed by atoms with Crippen LogP contribution in [0.5, 0.6) is 0 Å². The summed E-state index contributed by atoms with van der Waals surface area (Å²) in [6.07, 6.45) is 2.91. The van der Waals surface area contributed by atoms with Crippen LogP contribution in [0.2, 0.25) is 0 Å². The molecule has 0 aliphatic heterocycles. The predicted octanol–water partition coefficient (Wildman–Crippen LogP) is 2.90. The van der Waals surface area contributed by atoms with Crippen LogP contribution in [-0.4, -0.2) is 104 Å². The van der Waals surface area contributed by atoms with Gasteiger partial charge in [0.2, 0.25) is 0 Å². The summed E-state index contributed by atoms with van der Waals surface area (Å²) in [6, 6.07) is 10.3. The van der Waals surface area contributed by atoms with Crippen LogP contribution in [0.1, 0.15) is 38.2 Å². The first-order valence-corrected chi connectivity index (χ1v) is 13.4. The van der Waals surface area contributed by atoms with Crippen molar-refractivity contribution in [3.05, 3.63) is 35.9 Å². The fourth-order valence-corrected chi connectivity index (χ4v) is 5.34. The van der Waals surface area contributed by atoms with Gasteiger partial charge in [-0.15, -0.1) is 0 Å². The molecule has 0 amide bonds. The van der Waals surface area contributed by atoms with Crippen LogP contribution in [0.25, 0.3) is 0 Å². The number of likely N-dealkylation sites (N-methyl/N-ethyl adjacent to an activating group) is 3. The van der Waals surface area contributed by atoms with E-state index in [-0.39, 0.29) is 30.7 Å². The van der Waals surface area contributed by atoms with Gasteiger partial charge in [-0.05, 0) is 64.9 Å². The SMILES string of the molecule is CN(CCN(C)CC(COP(=O)(O)OC1CCC(C)(c2ccccc2)CC1)N(C)C)CC(=O)O. The van der Waals surface area contributed by atoms with Gasteiger partial charge in [0.05, 0.1) is 19.3 Å². The lowest BCUT2D eigenvalue weighted by molar-refractivity contribution is -0.138. The Hall–Kier alpha value is -1.32. The van der Waals surface area contributed by atoms with E-state index < -0.39 is 13.8 Å². The minimum Gasteiger partial charge on any atom is -0.480 e. The number of nitrogens with zero attached hydrogens (tertiary/aromatic N) is 3. The van der Waals surface area contributed by atoms with Gasteiger partial charge in [-0.25, -0.2) is 4.57 Å². The number of carboxylic acids is 1. The minimum absolute atomic E-state index is 0.00917. The number of phosphoric ester groups is 1. The van der Waals surface area contributed by atoms with Crippen LogP contribution in [0.4, 0.5) is 0 Å². The molecule has 2 N–H and O–H groups in total. The van der Waals surface area contributed by atoms with Gasteiger partial charge in [0.15, 0.2) is 0 Å². The molecule has 0 heterocycles. The van der Waals surface area contributed by atoms with Gasteiger partial charge in [0.1, 0.15) is 0 Å². The molecular weight excluding hydrogens is 457 g/mol. The van der Waals surface area contributed by atoms with E-state index in [9.17, 15) is 14.3 Å². The number of phosphoric acid groups is 1. The van der Waals surface area contributed by atoms with Crippen LogP contribution < -0.4 is 0 Å². The Kier molecular flexibility index (Phi) is 11.2. The second-order valence-corrected chi connectivity index (χ2v) is 11.4. The summed E-state index contributed by atoms with van der Waals surface area (Å²) in [5.41, 5.74) is 1.35. The van der Waals surface area contributed by atoms with Gasteiger partial charge >= 0.3 is 13.8 Å². The lowest BCUT2D eigenvalue weighted by Gasteiger charge is -2.38. The van der Waals surface area contributed by atoms with E-state index in [1.54, 1.807) is 11.9 Å². The fourth-order valence-electron chi connectivity index (χ4n) is 4.33. The maximum atomic E-state index is 12.7. The number of benzene rings is 1. The molecule has 0 bridgehead atoms. The fraction of sp³-hybridized carbons (Fsp3) is 0.708. The normalized spacial score (nSPS) is 23.9. The quantitative estimate of drug-likeness (QED) is 0.374. The van der Waals surface area contributed by atoms with Crippen molar-refractivity contribution >= 4 is 13.8 Å².